The molecule has 0 heterocycles. The Morgan fingerprint density at radius 1 is 1.41 bits per heavy atom. The number of aliphatic hydroxyl groups excluding tert-OH is 1. The molecule has 4 nitrogen and oxygen atoms in total. The van der Waals surface area contributed by atoms with Crippen molar-refractivity contribution >= 4 is 45.9 Å². The highest BCUT2D eigenvalue weighted by atomic mass is 127. The van der Waals surface area contributed by atoms with Gasteiger partial charge in [0.05, 0.1) is 5.38 Å². The van der Waals surface area contributed by atoms with E-state index in [2.05, 4.69) is 0 Å². The first-order valence-electron chi connectivity index (χ1n) is 4.73. The third kappa shape index (κ3) is 3.40. The van der Waals surface area contributed by atoms with Gasteiger partial charge in [0.25, 0.3) is 0 Å². The van der Waals surface area contributed by atoms with Gasteiger partial charge in [-0.3, -0.25) is 4.79 Å². The van der Waals surface area contributed by atoms with Crippen molar-refractivity contribution in [2.45, 2.75) is 18.4 Å². The van der Waals surface area contributed by atoms with Crippen molar-refractivity contribution in [3.63, 3.8) is 0 Å². The predicted octanol–water partition coefficient (Wildman–Crippen LogP) is 2.22. The highest BCUT2D eigenvalue weighted by Gasteiger charge is 2.20. The van der Waals surface area contributed by atoms with Crippen LogP contribution in [0.4, 0.5) is 0 Å². The molecular weight excluding hydrogens is 358 g/mol. The summed E-state index contributed by atoms with van der Waals surface area (Å²) in [4.78, 5) is 22.3. The predicted molar refractivity (Wildman–Crippen MR) is 71.4 cm³/mol. The van der Waals surface area contributed by atoms with E-state index in [0.29, 0.717) is 9.13 Å². The first kappa shape index (κ1) is 14.4. The minimum atomic E-state index is -1.58. The lowest BCUT2D eigenvalue weighted by Crippen LogP contribution is -2.14. The Kier molecular flexibility index (Phi) is 4.91. The number of aliphatic carboxylic acids is 1. The monoisotopic (exact) mass is 368 g/mol. The lowest BCUT2D eigenvalue weighted by Gasteiger charge is -2.10. The van der Waals surface area contributed by atoms with Crippen molar-refractivity contribution < 1.29 is 19.8 Å². The molecular formula is C11H10ClIO4. The molecule has 0 spiro atoms. The Morgan fingerprint density at radius 2 is 2.00 bits per heavy atom. The molecule has 1 aromatic carbocycles. The van der Waals surface area contributed by atoms with Gasteiger partial charge in [-0.2, -0.15) is 0 Å². The van der Waals surface area contributed by atoms with Crippen LogP contribution in [0, 0.1) is 3.57 Å². The quantitative estimate of drug-likeness (QED) is 0.485. The zero-order valence-electron chi connectivity index (χ0n) is 8.85. The number of aliphatic hydroxyl groups is 1. The van der Waals surface area contributed by atoms with E-state index >= 15 is 0 Å². The zero-order valence-corrected chi connectivity index (χ0v) is 11.8. The highest BCUT2D eigenvalue weighted by molar-refractivity contribution is 14.1. The zero-order chi connectivity index (χ0) is 13.2. The summed E-state index contributed by atoms with van der Waals surface area (Å²) in [5.41, 5.74) is 0.662. The Hall–Kier alpha value is -0.660. The maximum absolute atomic E-state index is 11.7. The highest BCUT2D eigenvalue weighted by Crippen LogP contribution is 2.21. The van der Waals surface area contributed by atoms with Gasteiger partial charge in [0.2, 0.25) is 0 Å². The summed E-state index contributed by atoms with van der Waals surface area (Å²) in [5.74, 6) is -1.56. The van der Waals surface area contributed by atoms with Gasteiger partial charge >= 0.3 is 5.97 Å². The van der Waals surface area contributed by atoms with Gasteiger partial charge in [0.1, 0.15) is 0 Å². The van der Waals surface area contributed by atoms with Crippen LogP contribution in [0.2, 0.25) is 0 Å². The molecule has 0 saturated carbocycles. The number of benzene rings is 1. The summed E-state index contributed by atoms with van der Waals surface area (Å²) in [6.45, 7) is 1.57. The van der Waals surface area contributed by atoms with Crippen LogP contribution in [0.25, 0.3) is 0 Å². The molecule has 2 N–H and O–H groups in total. The van der Waals surface area contributed by atoms with Crippen LogP contribution in [0.1, 0.15) is 28.9 Å². The molecule has 2 atom stereocenters. The second-order valence-corrected chi connectivity index (χ2v) is 5.28. The molecule has 0 saturated heterocycles. The average molecular weight is 369 g/mol. The minimum absolute atomic E-state index is 0.229. The maximum Gasteiger partial charge on any atom is 0.337 e. The van der Waals surface area contributed by atoms with Crippen LogP contribution in [-0.4, -0.2) is 27.3 Å². The minimum Gasteiger partial charge on any atom is -0.479 e. The molecule has 0 radical (unpaired) electrons. The molecule has 6 heteroatoms. The molecule has 0 fully saturated rings. The molecule has 1 aromatic rings. The Balaban J connectivity index is 3.10. The summed E-state index contributed by atoms with van der Waals surface area (Å²) in [7, 11) is 0. The Bertz CT molecular complexity index is 459. The Morgan fingerprint density at radius 3 is 2.41 bits per heavy atom. The van der Waals surface area contributed by atoms with E-state index in [1.54, 1.807) is 6.92 Å². The molecule has 1 rings (SSSR count). The molecule has 0 aliphatic carbocycles. The van der Waals surface area contributed by atoms with E-state index in [1.807, 2.05) is 22.6 Å². The number of rotatable bonds is 4. The number of alkyl halides is 1. The fraction of sp³-hybridized carbons (Fsp3) is 0.273. The van der Waals surface area contributed by atoms with Crippen LogP contribution >= 0.6 is 34.2 Å². The van der Waals surface area contributed by atoms with Crippen molar-refractivity contribution in [2.75, 3.05) is 0 Å². The summed E-state index contributed by atoms with van der Waals surface area (Å²) < 4.78 is 0.568. The lowest BCUT2D eigenvalue weighted by molar-refractivity contribution is -0.146. The number of carboxylic acid groups (broad SMARTS) is 1. The van der Waals surface area contributed by atoms with Crippen molar-refractivity contribution in [1.82, 2.24) is 0 Å². The van der Waals surface area contributed by atoms with Crippen LogP contribution in [-0.2, 0) is 4.79 Å². The van der Waals surface area contributed by atoms with E-state index in [0.717, 1.165) is 0 Å². The number of hydrogen-bond acceptors (Lipinski definition) is 3. The van der Waals surface area contributed by atoms with Gasteiger partial charge in [-0.05, 0) is 47.2 Å². The number of ketones is 1. The van der Waals surface area contributed by atoms with Gasteiger partial charge in [0, 0.05) is 9.13 Å². The number of hydrogen-bond donors (Lipinski definition) is 2. The molecule has 0 aromatic heterocycles. The Labute approximate surface area is 117 Å². The van der Waals surface area contributed by atoms with Crippen molar-refractivity contribution in [3.05, 3.63) is 32.9 Å². The molecule has 2 unspecified atom stereocenters. The van der Waals surface area contributed by atoms with E-state index in [9.17, 15) is 14.7 Å². The summed E-state index contributed by atoms with van der Waals surface area (Å²) in [5, 5.41) is 17.4. The standard InChI is InChI=1S/C11H10ClIO4/c1-5(12)9(14)7-3-2-6(4-8(7)13)10(15)11(16)17/h2-5,10,15H,1H3,(H,16,17). The largest absolute Gasteiger partial charge is 0.479 e. The summed E-state index contributed by atoms with van der Waals surface area (Å²) >= 11 is 7.60. The summed E-state index contributed by atoms with van der Waals surface area (Å²) in [6.07, 6.45) is -1.58. The normalized spacial score (nSPS) is 14.1. The van der Waals surface area contributed by atoms with Crippen LogP contribution in [0.5, 0.6) is 0 Å². The number of carbonyl (C=O) groups excluding carboxylic acids is 1. The average Bonchev–Trinajstić information content (AvgIpc) is 2.26. The van der Waals surface area contributed by atoms with Gasteiger partial charge < -0.3 is 10.2 Å². The smallest absolute Gasteiger partial charge is 0.337 e. The van der Waals surface area contributed by atoms with Crippen LogP contribution < -0.4 is 0 Å². The summed E-state index contributed by atoms with van der Waals surface area (Å²) in [6, 6.07) is 4.35. The van der Waals surface area contributed by atoms with Crippen molar-refractivity contribution in [3.8, 4) is 0 Å². The fourth-order valence-electron chi connectivity index (χ4n) is 1.26. The van der Waals surface area contributed by atoms with Gasteiger partial charge in [-0.25, -0.2) is 4.79 Å². The number of carboxylic acids is 1. The molecule has 0 bridgehead atoms. The van der Waals surface area contributed by atoms with E-state index < -0.39 is 17.5 Å². The molecule has 92 valence electrons. The third-order valence-electron chi connectivity index (χ3n) is 2.17. The van der Waals surface area contributed by atoms with Crippen molar-refractivity contribution in [2.24, 2.45) is 0 Å². The molecule has 0 aliphatic rings. The molecule has 17 heavy (non-hydrogen) atoms. The van der Waals surface area contributed by atoms with Crippen molar-refractivity contribution in [1.29, 1.82) is 0 Å². The fourth-order valence-corrected chi connectivity index (χ4v) is 2.18. The van der Waals surface area contributed by atoms with Gasteiger partial charge in [0.15, 0.2) is 11.9 Å². The first-order chi connectivity index (χ1) is 7.84. The van der Waals surface area contributed by atoms with Crippen LogP contribution in [0.15, 0.2) is 18.2 Å². The second kappa shape index (κ2) is 5.79. The van der Waals surface area contributed by atoms with Gasteiger partial charge in [-0.1, -0.05) is 6.07 Å². The molecule has 0 amide bonds. The lowest BCUT2D eigenvalue weighted by atomic mass is 10.0. The molecule has 0 aliphatic heterocycles. The number of halogens is 2. The topological polar surface area (TPSA) is 74.6 Å². The van der Waals surface area contributed by atoms with Crippen LogP contribution in [0.3, 0.4) is 0 Å². The van der Waals surface area contributed by atoms with E-state index in [4.69, 9.17) is 16.7 Å². The number of Topliss-reactive ketones (excluding diaryl/α,β-unsaturated/α-hetero) is 1. The third-order valence-corrected chi connectivity index (χ3v) is 3.26. The maximum atomic E-state index is 11.7. The number of carbonyl (C=O) groups is 2. The van der Waals surface area contributed by atoms with Gasteiger partial charge in [-0.15, -0.1) is 11.6 Å². The van der Waals surface area contributed by atoms with E-state index in [-0.39, 0.29) is 11.3 Å². The first-order valence-corrected chi connectivity index (χ1v) is 6.24. The SMILES string of the molecule is CC(Cl)C(=O)c1ccc(C(O)C(=O)O)cc1I. The van der Waals surface area contributed by atoms with E-state index in [1.165, 1.54) is 18.2 Å². The second-order valence-electron chi connectivity index (χ2n) is 3.46.